The van der Waals surface area contributed by atoms with Gasteiger partial charge >= 0.3 is 0 Å². The van der Waals surface area contributed by atoms with Gasteiger partial charge in [-0.3, -0.25) is 4.98 Å². The molecule has 1 N–H and O–H groups in total. The molecule has 190 valence electrons. The molecule has 1 saturated heterocycles. The summed E-state index contributed by atoms with van der Waals surface area (Å²) in [6, 6.07) is 11.9. The number of aliphatic hydroxyl groups excluding tert-OH is 1. The van der Waals surface area contributed by atoms with Crippen molar-refractivity contribution in [3.05, 3.63) is 59.9 Å². The molecule has 0 atom stereocenters. The highest BCUT2D eigenvalue weighted by Crippen LogP contribution is 2.40. The highest BCUT2D eigenvalue weighted by Gasteiger charge is 2.26. The average Bonchev–Trinajstić information content (AvgIpc) is 3.52. The van der Waals surface area contributed by atoms with Crippen LogP contribution in [-0.2, 0) is 16.6 Å². The molecule has 2 aromatic heterocycles. The molecule has 1 aliphatic rings. The molecular weight excluding hydrogens is 478 g/mol. The molecule has 8 nitrogen and oxygen atoms in total. The first-order chi connectivity index (χ1) is 17.4. The SMILES string of the molecule is COc1cc2c3c(CO)nccc3n(S(=O)(=O)c3ccc(C)cc3)c2cc1OCCCN1CCCC1. The van der Waals surface area contributed by atoms with E-state index in [4.69, 9.17) is 9.47 Å². The molecule has 4 aromatic rings. The Kier molecular flexibility index (Phi) is 6.87. The molecule has 0 spiro atoms. The number of pyridine rings is 1. The molecule has 5 rings (SSSR count). The van der Waals surface area contributed by atoms with Crippen LogP contribution < -0.4 is 9.47 Å². The minimum Gasteiger partial charge on any atom is -0.493 e. The molecule has 0 radical (unpaired) electrons. The Morgan fingerprint density at radius 2 is 1.78 bits per heavy atom. The van der Waals surface area contributed by atoms with Crippen molar-refractivity contribution in [3.8, 4) is 11.5 Å². The normalized spacial score (nSPS) is 14.6. The first-order valence-corrected chi connectivity index (χ1v) is 13.7. The van der Waals surface area contributed by atoms with E-state index >= 15 is 0 Å². The number of hydrogen-bond acceptors (Lipinski definition) is 7. The van der Waals surface area contributed by atoms with E-state index in [1.165, 1.54) is 23.0 Å². The molecule has 1 fully saturated rings. The highest BCUT2D eigenvalue weighted by atomic mass is 32.2. The van der Waals surface area contributed by atoms with Crippen molar-refractivity contribution in [1.29, 1.82) is 0 Å². The topological polar surface area (TPSA) is 93.9 Å². The van der Waals surface area contributed by atoms with Crippen molar-refractivity contribution in [2.75, 3.05) is 33.4 Å². The number of fused-ring (bicyclic) bond motifs is 3. The number of methoxy groups -OCH3 is 1. The third-order valence-electron chi connectivity index (χ3n) is 6.78. The first kappa shape index (κ1) is 24.5. The van der Waals surface area contributed by atoms with Crippen molar-refractivity contribution < 1.29 is 23.0 Å². The summed E-state index contributed by atoms with van der Waals surface area (Å²) in [5, 5.41) is 11.2. The van der Waals surface area contributed by atoms with E-state index in [0.29, 0.717) is 45.6 Å². The second-order valence-corrected chi connectivity index (χ2v) is 11.0. The number of aliphatic hydroxyl groups is 1. The predicted octanol–water partition coefficient (Wildman–Crippen LogP) is 4.10. The van der Waals surface area contributed by atoms with Crippen LogP contribution in [0.3, 0.4) is 0 Å². The van der Waals surface area contributed by atoms with Crippen molar-refractivity contribution in [2.24, 2.45) is 0 Å². The molecule has 9 heteroatoms. The van der Waals surface area contributed by atoms with Crippen LogP contribution in [0, 0.1) is 6.92 Å². The monoisotopic (exact) mass is 509 g/mol. The lowest BCUT2D eigenvalue weighted by Crippen LogP contribution is -2.22. The number of ether oxygens (including phenoxy) is 2. The number of benzene rings is 2. The van der Waals surface area contributed by atoms with E-state index in [1.807, 2.05) is 6.92 Å². The zero-order valence-corrected chi connectivity index (χ0v) is 21.4. The fourth-order valence-electron chi connectivity index (χ4n) is 4.95. The van der Waals surface area contributed by atoms with E-state index in [0.717, 1.165) is 31.6 Å². The maximum absolute atomic E-state index is 13.9. The van der Waals surface area contributed by atoms with Crippen LogP contribution in [0.5, 0.6) is 11.5 Å². The smallest absolute Gasteiger partial charge is 0.268 e. The van der Waals surface area contributed by atoms with E-state index in [9.17, 15) is 13.5 Å². The summed E-state index contributed by atoms with van der Waals surface area (Å²) in [6.45, 7) is 5.32. The van der Waals surface area contributed by atoms with E-state index in [1.54, 1.807) is 49.6 Å². The minimum atomic E-state index is -3.96. The number of aryl methyl sites for hydroxylation is 1. The van der Waals surface area contributed by atoms with E-state index in [2.05, 4.69) is 9.88 Å². The van der Waals surface area contributed by atoms with Crippen molar-refractivity contribution in [3.63, 3.8) is 0 Å². The standard InChI is InChI=1S/C27H31N3O5S/c1-19-6-8-20(9-7-19)36(32,33)30-23-10-11-28-22(18-31)27(23)21-16-25(34-2)26(17-24(21)30)35-15-5-14-29-12-3-4-13-29/h6-11,16-17,31H,3-5,12-15,18H2,1-2H3. The van der Waals surface area contributed by atoms with Gasteiger partial charge in [0.25, 0.3) is 10.0 Å². The number of aromatic nitrogens is 2. The second-order valence-electron chi connectivity index (χ2n) is 9.16. The van der Waals surface area contributed by atoms with Gasteiger partial charge in [0.05, 0.1) is 41.9 Å². The summed E-state index contributed by atoms with van der Waals surface area (Å²) >= 11 is 0. The number of nitrogens with zero attached hydrogens (tertiary/aromatic N) is 3. The zero-order valence-electron chi connectivity index (χ0n) is 20.6. The summed E-state index contributed by atoms with van der Waals surface area (Å²) in [5.41, 5.74) is 2.26. The van der Waals surface area contributed by atoms with Gasteiger partial charge < -0.3 is 19.5 Å². The zero-order chi connectivity index (χ0) is 25.3. The first-order valence-electron chi connectivity index (χ1n) is 12.2. The summed E-state index contributed by atoms with van der Waals surface area (Å²) in [4.78, 5) is 6.91. The van der Waals surface area contributed by atoms with Crippen LogP contribution in [-0.4, -0.2) is 60.7 Å². The van der Waals surface area contributed by atoms with Crippen LogP contribution in [0.25, 0.3) is 21.8 Å². The van der Waals surface area contributed by atoms with Gasteiger partial charge in [0.15, 0.2) is 11.5 Å². The quantitative estimate of drug-likeness (QED) is 0.340. The third kappa shape index (κ3) is 4.42. The Bertz CT molecular complexity index is 1490. The van der Waals surface area contributed by atoms with Crippen LogP contribution in [0.1, 0.15) is 30.5 Å². The molecule has 1 aliphatic heterocycles. The van der Waals surface area contributed by atoms with Gasteiger partial charge in [-0.1, -0.05) is 17.7 Å². The van der Waals surface area contributed by atoms with Crippen LogP contribution >= 0.6 is 0 Å². The predicted molar refractivity (Wildman–Crippen MR) is 139 cm³/mol. The average molecular weight is 510 g/mol. The Labute approximate surface area is 211 Å². The van der Waals surface area contributed by atoms with Gasteiger partial charge in [0, 0.05) is 29.6 Å². The van der Waals surface area contributed by atoms with Gasteiger partial charge in [0.1, 0.15) is 0 Å². The Morgan fingerprint density at radius 1 is 1.03 bits per heavy atom. The molecule has 0 saturated carbocycles. The minimum absolute atomic E-state index is 0.179. The molecule has 0 bridgehead atoms. The lowest BCUT2D eigenvalue weighted by Gasteiger charge is -2.16. The number of rotatable bonds is 9. The Morgan fingerprint density at radius 3 is 2.47 bits per heavy atom. The van der Waals surface area contributed by atoms with Gasteiger partial charge in [-0.2, -0.15) is 0 Å². The van der Waals surface area contributed by atoms with Crippen LogP contribution in [0.4, 0.5) is 0 Å². The van der Waals surface area contributed by atoms with Gasteiger partial charge in [-0.05, 0) is 63.5 Å². The van der Waals surface area contributed by atoms with Gasteiger partial charge in [-0.25, -0.2) is 12.4 Å². The summed E-state index contributed by atoms with van der Waals surface area (Å²) in [6.07, 6.45) is 4.87. The van der Waals surface area contributed by atoms with Crippen LogP contribution in [0.2, 0.25) is 0 Å². The lowest BCUT2D eigenvalue weighted by atomic mass is 10.1. The largest absolute Gasteiger partial charge is 0.493 e. The lowest BCUT2D eigenvalue weighted by molar-refractivity contribution is 0.254. The summed E-state index contributed by atoms with van der Waals surface area (Å²) in [7, 11) is -2.40. The molecule has 0 unspecified atom stereocenters. The molecular formula is C27H31N3O5S. The third-order valence-corrected chi connectivity index (χ3v) is 8.52. The van der Waals surface area contributed by atoms with E-state index < -0.39 is 10.0 Å². The highest BCUT2D eigenvalue weighted by molar-refractivity contribution is 7.90. The Balaban J connectivity index is 1.63. The summed E-state index contributed by atoms with van der Waals surface area (Å²) < 4.78 is 40.9. The fraction of sp³-hybridized carbons (Fsp3) is 0.370. The van der Waals surface area contributed by atoms with Crippen molar-refractivity contribution in [2.45, 2.75) is 37.7 Å². The fourth-order valence-corrected chi connectivity index (χ4v) is 6.46. The second kappa shape index (κ2) is 10.1. The molecule has 0 aliphatic carbocycles. The molecule has 3 heterocycles. The van der Waals surface area contributed by atoms with E-state index in [-0.39, 0.29) is 11.5 Å². The Hall–Kier alpha value is -3.14. The molecule has 0 amide bonds. The van der Waals surface area contributed by atoms with Gasteiger partial charge in [0.2, 0.25) is 0 Å². The maximum atomic E-state index is 13.9. The molecule has 2 aromatic carbocycles. The number of likely N-dealkylation sites (tertiary alicyclic amines) is 1. The summed E-state index contributed by atoms with van der Waals surface area (Å²) in [5.74, 6) is 0.983. The van der Waals surface area contributed by atoms with Crippen molar-refractivity contribution in [1.82, 2.24) is 13.9 Å². The van der Waals surface area contributed by atoms with Gasteiger partial charge in [-0.15, -0.1) is 0 Å². The number of hydrogen-bond donors (Lipinski definition) is 1. The van der Waals surface area contributed by atoms with Crippen molar-refractivity contribution >= 4 is 31.8 Å². The maximum Gasteiger partial charge on any atom is 0.268 e. The van der Waals surface area contributed by atoms with Crippen LogP contribution in [0.15, 0.2) is 53.6 Å². The molecule has 36 heavy (non-hydrogen) atoms.